The molecule has 7 atom stereocenters. The predicted octanol–water partition coefficient (Wildman–Crippen LogP) is -0.320. The number of hydrogen-bond donors (Lipinski definition) is 4. The summed E-state index contributed by atoms with van der Waals surface area (Å²) in [5.74, 6) is -2.04. The number of nitrogens with two attached hydrogens (primary N) is 1. The van der Waals surface area contributed by atoms with Gasteiger partial charge in [0.2, 0.25) is 11.8 Å². The number of carboxylic acids is 1. The predicted molar refractivity (Wildman–Crippen MR) is 144 cm³/mol. The van der Waals surface area contributed by atoms with E-state index in [0.29, 0.717) is 37.4 Å². The van der Waals surface area contributed by atoms with Gasteiger partial charge in [-0.15, -0.1) is 16.9 Å². The van der Waals surface area contributed by atoms with Crippen LogP contribution in [-0.2, 0) is 25.7 Å². The second-order valence-corrected chi connectivity index (χ2v) is 12.7. The summed E-state index contributed by atoms with van der Waals surface area (Å²) in [5.41, 5.74) is 5.56. The average molecular weight is 574 g/mol. The van der Waals surface area contributed by atoms with Crippen LogP contribution in [0.1, 0.15) is 39.5 Å². The van der Waals surface area contributed by atoms with Crippen LogP contribution in [0.25, 0.3) is 0 Å². The number of β-lactam (4-membered cyclic amide) rings is 1. The van der Waals surface area contributed by atoms with Crippen molar-refractivity contribution in [2.45, 2.75) is 63.4 Å². The summed E-state index contributed by atoms with van der Waals surface area (Å²) in [6.45, 7) is 5.61. The summed E-state index contributed by atoms with van der Waals surface area (Å²) in [4.78, 5) is 55.1. The number of rotatable bonds is 11. The van der Waals surface area contributed by atoms with Gasteiger partial charge in [-0.1, -0.05) is 13.8 Å². The van der Waals surface area contributed by atoms with Gasteiger partial charge in [-0.2, -0.15) is 0 Å². The number of hydrogen-bond acceptors (Lipinski definition) is 10. The number of likely N-dealkylation sites (tertiary alicyclic amines) is 1. The number of nitrogens with one attached hydrogen (secondary N) is 2. The number of aliphatic carboxylic acids is 1. The van der Waals surface area contributed by atoms with E-state index in [4.69, 9.17) is 11.1 Å². The first kappa shape index (κ1) is 28.2. The molecule has 216 valence electrons. The molecule has 40 heavy (non-hydrogen) atoms. The zero-order valence-corrected chi connectivity index (χ0v) is 23.3. The van der Waals surface area contributed by atoms with Crippen LogP contribution in [0.3, 0.4) is 0 Å². The van der Waals surface area contributed by atoms with E-state index in [-0.39, 0.29) is 77.2 Å². The molecule has 5 heterocycles. The van der Waals surface area contributed by atoms with Crippen LogP contribution < -0.4 is 11.1 Å². The number of carbonyl (C=O) groups excluding carboxylic acids is 3. The van der Waals surface area contributed by atoms with Crippen LogP contribution in [0, 0.1) is 29.1 Å². The fraction of sp³-hybridized carbons (Fsp3) is 0.680. The van der Waals surface area contributed by atoms with E-state index in [1.54, 1.807) is 0 Å². The lowest BCUT2D eigenvalue weighted by atomic mass is 9.73. The summed E-state index contributed by atoms with van der Waals surface area (Å²) in [6, 6.07) is -0.664. The largest absolute Gasteiger partial charge is 0.477 e. The first-order chi connectivity index (χ1) is 19.0. The van der Waals surface area contributed by atoms with Crippen molar-refractivity contribution in [1.82, 2.24) is 35.3 Å². The fourth-order valence-corrected chi connectivity index (χ4v) is 8.12. The third kappa shape index (κ3) is 5.36. The molecule has 4 aliphatic heterocycles. The van der Waals surface area contributed by atoms with Crippen LogP contribution in [0.2, 0.25) is 0 Å². The number of carbonyl (C=O) groups is 4. The molecule has 0 unspecified atom stereocenters. The number of thioether (sulfide) groups is 1. The molecular weight excluding hydrogens is 538 g/mol. The van der Waals surface area contributed by atoms with Gasteiger partial charge in [-0.25, -0.2) is 9.48 Å². The molecule has 2 amide bonds. The van der Waals surface area contributed by atoms with Crippen molar-refractivity contribution in [3.63, 3.8) is 0 Å². The highest BCUT2D eigenvalue weighted by Crippen LogP contribution is 2.53. The Labute approximate surface area is 235 Å². The molecule has 0 saturated carbocycles. The lowest BCUT2D eigenvalue weighted by Crippen LogP contribution is -2.62. The number of carboxylic acid groups (broad SMARTS) is 1. The van der Waals surface area contributed by atoms with Crippen molar-refractivity contribution in [1.29, 1.82) is 5.41 Å². The Morgan fingerprint density at radius 2 is 2.12 bits per heavy atom. The van der Waals surface area contributed by atoms with E-state index in [0.717, 1.165) is 6.42 Å². The molecule has 14 nitrogen and oxygen atoms in total. The number of amides is 2. The molecule has 0 radical (unpaired) electrons. The van der Waals surface area contributed by atoms with E-state index in [1.807, 2.05) is 18.7 Å². The quantitative estimate of drug-likeness (QED) is 0.154. The Bertz CT molecular complexity index is 1240. The fourth-order valence-electron chi connectivity index (χ4n) is 6.64. The maximum Gasteiger partial charge on any atom is 0.353 e. The summed E-state index contributed by atoms with van der Waals surface area (Å²) in [6.07, 6.45) is 3.41. The number of nitrogens with zero attached hydrogens (tertiary/aromatic N) is 6. The van der Waals surface area contributed by atoms with Gasteiger partial charge in [0.15, 0.2) is 5.78 Å². The van der Waals surface area contributed by atoms with Crippen molar-refractivity contribution in [3.05, 3.63) is 16.9 Å². The van der Waals surface area contributed by atoms with Gasteiger partial charge in [-0.05, 0) is 35.1 Å². The molecule has 15 heteroatoms. The molecular formula is C25H35N9O5S. The molecule has 4 aliphatic rings. The summed E-state index contributed by atoms with van der Waals surface area (Å²) in [7, 11) is 0. The maximum absolute atomic E-state index is 13.2. The van der Waals surface area contributed by atoms with Crippen molar-refractivity contribution >= 4 is 41.2 Å². The molecule has 5 N–H and O–H groups in total. The molecule has 0 aromatic carbocycles. The minimum Gasteiger partial charge on any atom is -0.477 e. The molecule has 1 aromatic heterocycles. The third-order valence-corrected chi connectivity index (χ3v) is 9.98. The number of Topliss-reactive ketones (excluding diaryl/α,β-unsaturated/α-hetero) is 1. The Morgan fingerprint density at radius 1 is 1.35 bits per heavy atom. The van der Waals surface area contributed by atoms with E-state index >= 15 is 0 Å². The lowest BCUT2D eigenvalue weighted by molar-refractivity contribution is -0.160. The normalized spacial score (nSPS) is 30.4. The van der Waals surface area contributed by atoms with Crippen LogP contribution in [0.4, 0.5) is 0 Å². The van der Waals surface area contributed by atoms with Crippen LogP contribution in [0.5, 0.6) is 0 Å². The summed E-state index contributed by atoms with van der Waals surface area (Å²) in [5, 5.41) is 31.6. The molecule has 3 saturated heterocycles. The summed E-state index contributed by atoms with van der Waals surface area (Å²) < 4.78 is 1.34. The Hall–Kier alpha value is -3.33. The monoisotopic (exact) mass is 573 g/mol. The number of tetrazole rings is 1. The summed E-state index contributed by atoms with van der Waals surface area (Å²) >= 11 is 1.45. The van der Waals surface area contributed by atoms with Crippen LogP contribution in [0.15, 0.2) is 16.9 Å². The van der Waals surface area contributed by atoms with Crippen LogP contribution >= 0.6 is 11.8 Å². The Morgan fingerprint density at radius 3 is 2.80 bits per heavy atom. The molecule has 0 spiro atoms. The van der Waals surface area contributed by atoms with Gasteiger partial charge in [0.1, 0.15) is 18.6 Å². The first-order valence-corrected chi connectivity index (χ1v) is 14.5. The highest BCUT2D eigenvalue weighted by Gasteiger charge is 2.60. The highest BCUT2D eigenvalue weighted by atomic mass is 32.2. The molecule has 0 aliphatic carbocycles. The van der Waals surface area contributed by atoms with E-state index in [9.17, 15) is 24.3 Å². The van der Waals surface area contributed by atoms with Gasteiger partial charge < -0.3 is 26.0 Å². The second-order valence-electron chi connectivity index (χ2n) is 11.4. The van der Waals surface area contributed by atoms with Gasteiger partial charge in [0.25, 0.3) is 0 Å². The van der Waals surface area contributed by atoms with Crippen molar-refractivity contribution in [2.75, 3.05) is 19.6 Å². The standard InChI is InChI=1S/C25H35N9O5S/c1-12(5-15(35)10-33-11-29-30-31-33)19-20-13(2)22(21(25(38)39)34(20)24(19)37)40-16-7-17(28-8-16)23(36)32-4-3-14(9-32)6-18(26)27/h11-14,16-17,19-20,28H,3-10H2,1-2H3,(H3,26,27)(H,38,39)/t12-,13+,14-,16-,17-,19+,20+/m0/s1. The van der Waals surface area contributed by atoms with E-state index in [1.165, 1.54) is 27.7 Å². The molecule has 3 fully saturated rings. The van der Waals surface area contributed by atoms with E-state index in [2.05, 4.69) is 20.8 Å². The van der Waals surface area contributed by atoms with Gasteiger partial charge in [0, 0.05) is 48.5 Å². The number of amidine groups is 1. The smallest absolute Gasteiger partial charge is 0.353 e. The van der Waals surface area contributed by atoms with Crippen molar-refractivity contribution in [3.8, 4) is 0 Å². The topological polar surface area (TPSA) is 200 Å². The second kappa shape index (κ2) is 11.3. The third-order valence-electron chi connectivity index (χ3n) is 8.47. The Kier molecular flexibility index (Phi) is 7.95. The minimum atomic E-state index is -1.14. The van der Waals surface area contributed by atoms with Gasteiger partial charge >= 0.3 is 5.97 Å². The molecule has 0 bridgehead atoms. The van der Waals surface area contributed by atoms with Gasteiger partial charge in [0.05, 0.1) is 23.8 Å². The number of ketones is 1. The molecule has 1 aromatic rings. The van der Waals surface area contributed by atoms with E-state index < -0.39 is 11.9 Å². The zero-order chi connectivity index (χ0) is 28.7. The maximum atomic E-state index is 13.2. The zero-order valence-electron chi connectivity index (χ0n) is 22.5. The van der Waals surface area contributed by atoms with Gasteiger partial charge in [-0.3, -0.25) is 19.8 Å². The van der Waals surface area contributed by atoms with Crippen LogP contribution in [-0.4, -0.2) is 101 Å². The first-order valence-electron chi connectivity index (χ1n) is 13.6. The number of fused-ring (bicyclic) bond motifs is 1. The highest BCUT2D eigenvalue weighted by molar-refractivity contribution is 8.03. The lowest BCUT2D eigenvalue weighted by Gasteiger charge is -2.47. The molecule has 5 rings (SSSR count). The minimum absolute atomic E-state index is 0.0149. The SMILES string of the molecule is C[C@@H](CC(=O)Cn1cnnn1)[C@H]1C(=O)N2C(C(=O)O)=C(S[C@@H]3CN[C@H](C(=O)N4CC[C@@H](CC(=N)N)C4)C3)[C@H](C)[C@H]12. The van der Waals surface area contributed by atoms with Crippen molar-refractivity contribution < 1.29 is 24.3 Å². The van der Waals surface area contributed by atoms with Crippen molar-refractivity contribution in [2.24, 2.45) is 29.4 Å². The average Bonchev–Trinajstić information content (AvgIpc) is 3.67. The number of aromatic nitrogens is 4. The Balaban J connectivity index is 1.20.